The van der Waals surface area contributed by atoms with Crippen molar-refractivity contribution in [1.29, 1.82) is 0 Å². The molecule has 1 saturated heterocycles. The van der Waals surface area contributed by atoms with Gasteiger partial charge in [0.15, 0.2) is 0 Å². The van der Waals surface area contributed by atoms with Crippen molar-refractivity contribution in [3.05, 3.63) is 11.5 Å². The fourth-order valence-corrected chi connectivity index (χ4v) is 1.08. The van der Waals surface area contributed by atoms with Gasteiger partial charge in [-0.3, -0.25) is 0 Å². The zero-order valence-corrected chi connectivity index (χ0v) is 7.14. The summed E-state index contributed by atoms with van der Waals surface area (Å²) in [5.41, 5.74) is 1.55. The molecule has 2 heteroatoms. The molecule has 0 unspecified atom stereocenters. The van der Waals surface area contributed by atoms with Gasteiger partial charge in [-0.25, -0.2) is 0 Å². The summed E-state index contributed by atoms with van der Waals surface area (Å²) in [6.45, 7) is 5.90. The highest BCUT2D eigenvalue weighted by Gasteiger charge is 2.30. The maximum Gasteiger partial charge on any atom is 0.278 e. The Kier molecular flexibility index (Phi) is 1.38. The van der Waals surface area contributed by atoms with Gasteiger partial charge in [0.25, 0.3) is 5.95 Å². The Morgan fingerprint density at radius 1 is 1.09 bits per heavy atom. The molecule has 0 spiro atoms. The van der Waals surface area contributed by atoms with Gasteiger partial charge in [0.2, 0.25) is 0 Å². The van der Waals surface area contributed by atoms with E-state index in [1.807, 2.05) is 0 Å². The van der Waals surface area contributed by atoms with Gasteiger partial charge in [0.1, 0.15) is 0 Å². The van der Waals surface area contributed by atoms with Crippen molar-refractivity contribution in [2.45, 2.75) is 26.7 Å². The van der Waals surface area contributed by atoms with Crippen LogP contribution in [-0.4, -0.2) is 13.2 Å². The molecule has 0 bridgehead atoms. The largest absolute Gasteiger partial charge is 0.465 e. The minimum absolute atomic E-state index is 0.193. The average Bonchev–Trinajstić information content (AvgIpc) is 2.70. The molecule has 0 aromatic rings. The van der Waals surface area contributed by atoms with E-state index < -0.39 is 0 Å². The molecule has 1 saturated carbocycles. The monoisotopic (exact) mass is 154 g/mol. The molecule has 1 heterocycles. The first-order valence-corrected chi connectivity index (χ1v) is 4.15. The maximum atomic E-state index is 5.47. The van der Waals surface area contributed by atoms with Crippen molar-refractivity contribution in [3.63, 3.8) is 0 Å². The molecular formula is C9H14O2. The summed E-state index contributed by atoms with van der Waals surface area (Å²) < 4.78 is 10.9. The standard InChI is InChI=1S/C9H14O2/c1-9(2)5-10-8(11-6-9)7-3-4-7/h3-6H2,1-2H3. The summed E-state index contributed by atoms with van der Waals surface area (Å²) in [5, 5.41) is 0. The lowest BCUT2D eigenvalue weighted by atomic mass is 9.96. The fourth-order valence-electron chi connectivity index (χ4n) is 1.08. The molecule has 62 valence electrons. The van der Waals surface area contributed by atoms with Gasteiger partial charge in [-0.05, 0) is 12.8 Å². The molecule has 2 nitrogen and oxygen atoms in total. The van der Waals surface area contributed by atoms with Crippen LogP contribution in [0.3, 0.4) is 0 Å². The molecule has 11 heavy (non-hydrogen) atoms. The van der Waals surface area contributed by atoms with Crippen molar-refractivity contribution < 1.29 is 9.47 Å². The van der Waals surface area contributed by atoms with E-state index >= 15 is 0 Å². The topological polar surface area (TPSA) is 18.5 Å². The lowest BCUT2D eigenvalue weighted by Crippen LogP contribution is -2.30. The Morgan fingerprint density at radius 2 is 1.64 bits per heavy atom. The van der Waals surface area contributed by atoms with E-state index in [-0.39, 0.29) is 5.41 Å². The molecule has 1 aliphatic carbocycles. The predicted octanol–water partition coefficient (Wildman–Crippen LogP) is 2.06. The van der Waals surface area contributed by atoms with Crippen LogP contribution >= 0.6 is 0 Å². The van der Waals surface area contributed by atoms with Crippen LogP contribution < -0.4 is 0 Å². The van der Waals surface area contributed by atoms with Crippen LogP contribution in [-0.2, 0) is 9.47 Å². The first-order chi connectivity index (χ1) is 5.17. The second-order valence-electron chi connectivity index (χ2n) is 4.13. The van der Waals surface area contributed by atoms with E-state index in [1.165, 1.54) is 18.4 Å². The summed E-state index contributed by atoms with van der Waals surface area (Å²) in [7, 11) is 0. The quantitative estimate of drug-likeness (QED) is 0.531. The van der Waals surface area contributed by atoms with E-state index in [1.54, 1.807) is 0 Å². The smallest absolute Gasteiger partial charge is 0.278 e. The Bertz CT molecular complexity index is 186. The first kappa shape index (κ1) is 7.01. The van der Waals surface area contributed by atoms with Gasteiger partial charge in [0, 0.05) is 11.0 Å². The van der Waals surface area contributed by atoms with Crippen molar-refractivity contribution in [3.8, 4) is 0 Å². The lowest BCUT2D eigenvalue weighted by Gasteiger charge is -2.31. The number of ether oxygens (including phenoxy) is 2. The third-order valence-corrected chi connectivity index (χ3v) is 1.98. The summed E-state index contributed by atoms with van der Waals surface area (Å²) in [6.07, 6.45) is 2.35. The van der Waals surface area contributed by atoms with Crippen molar-refractivity contribution in [1.82, 2.24) is 0 Å². The minimum atomic E-state index is 0.193. The Hall–Kier alpha value is -0.660. The van der Waals surface area contributed by atoms with E-state index in [0.717, 1.165) is 19.2 Å². The van der Waals surface area contributed by atoms with Crippen LogP contribution in [0.15, 0.2) is 11.5 Å². The summed E-state index contributed by atoms with van der Waals surface area (Å²) >= 11 is 0. The van der Waals surface area contributed by atoms with E-state index in [0.29, 0.717) is 0 Å². The maximum absolute atomic E-state index is 5.47. The normalized spacial score (nSPS) is 27.5. The second kappa shape index (κ2) is 2.16. The summed E-state index contributed by atoms with van der Waals surface area (Å²) in [5.74, 6) is 0.823. The van der Waals surface area contributed by atoms with Crippen molar-refractivity contribution in [2.75, 3.05) is 13.2 Å². The molecule has 2 aliphatic rings. The fraction of sp³-hybridized carbons (Fsp3) is 0.778. The molecule has 0 aromatic carbocycles. The molecular weight excluding hydrogens is 140 g/mol. The van der Waals surface area contributed by atoms with E-state index in [2.05, 4.69) is 13.8 Å². The van der Waals surface area contributed by atoms with Crippen LogP contribution in [0.1, 0.15) is 26.7 Å². The molecule has 0 atom stereocenters. The molecule has 0 N–H and O–H groups in total. The van der Waals surface area contributed by atoms with Crippen LogP contribution in [0.25, 0.3) is 0 Å². The number of hydrogen-bond donors (Lipinski definition) is 0. The molecule has 0 amide bonds. The van der Waals surface area contributed by atoms with Gasteiger partial charge in [0.05, 0.1) is 13.2 Å². The van der Waals surface area contributed by atoms with Gasteiger partial charge in [-0.15, -0.1) is 0 Å². The molecule has 1 aliphatic heterocycles. The van der Waals surface area contributed by atoms with Crippen LogP contribution in [0.5, 0.6) is 0 Å². The van der Waals surface area contributed by atoms with E-state index in [4.69, 9.17) is 9.47 Å². The second-order valence-corrected chi connectivity index (χ2v) is 4.13. The van der Waals surface area contributed by atoms with Crippen LogP contribution in [0, 0.1) is 5.41 Å². The predicted molar refractivity (Wildman–Crippen MR) is 41.9 cm³/mol. The minimum Gasteiger partial charge on any atom is -0.465 e. The highest BCUT2D eigenvalue weighted by atomic mass is 16.7. The third kappa shape index (κ3) is 1.50. The average molecular weight is 154 g/mol. The highest BCUT2D eigenvalue weighted by Crippen LogP contribution is 2.36. The summed E-state index contributed by atoms with van der Waals surface area (Å²) in [6, 6.07) is 0. The van der Waals surface area contributed by atoms with Gasteiger partial charge in [-0.1, -0.05) is 13.8 Å². The number of allylic oxidation sites excluding steroid dienone is 1. The first-order valence-electron chi connectivity index (χ1n) is 4.15. The lowest BCUT2D eigenvalue weighted by molar-refractivity contribution is -0.0859. The number of hydrogen-bond acceptors (Lipinski definition) is 2. The third-order valence-electron chi connectivity index (χ3n) is 1.98. The number of rotatable bonds is 0. The van der Waals surface area contributed by atoms with Gasteiger partial charge < -0.3 is 9.47 Å². The highest BCUT2D eigenvalue weighted by molar-refractivity contribution is 5.18. The van der Waals surface area contributed by atoms with Gasteiger partial charge >= 0.3 is 0 Å². The Labute approximate surface area is 67.2 Å². The zero-order chi connectivity index (χ0) is 7.90. The van der Waals surface area contributed by atoms with Crippen LogP contribution in [0.2, 0.25) is 0 Å². The molecule has 2 fully saturated rings. The van der Waals surface area contributed by atoms with Gasteiger partial charge in [-0.2, -0.15) is 0 Å². The van der Waals surface area contributed by atoms with Crippen LogP contribution in [0.4, 0.5) is 0 Å². The SMILES string of the molecule is CC1(C)COC(=C2CC2)OC1. The zero-order valence-electron chi connectivity index (χ0n) is 7.14. The molecule has 2 rings (SSSR count). The molecule has 0 aromatic heterocycles. The summed E-state index contributed by atoms with van der Waals surface area (Å²) in [4.78, 5) is 0. The Balaban J connectivity index is 2.00. The van der Waals surface area contributed by atoms with Crippen molar-refractivity contribution in [2.24, 2.45) is 5.41 Å². The van der Waals surface area contributed by atoms with Crippen molar-refractivity contribution >= 4 is 0 Å². The van der Waals surface area contributed by atoms with E-state index in [9.17, 15) is 0 Å². The molecule has 0 radical (unpaired) electrons. The Morgan fingerprint density at radius 3 is 2.09 bits per heavy atom.